The summed E-state index contributed by atoms with van der Waals surface area (Å²) in [6, 6.07) is 3.41. The molecule has 0 bridgehead atoms. The van der Waals surface area contributed by atoms with Crippen LogP contribution in [0.25, 0.3) is 0 Å². The third kappa shape index (κ3) is 4.58. The fraction of sp³-hybridized carbons (Fsp3) is 0.529. The molecule has 7 nitrogen and oxygen atoms in total. The third-order valence-electron chi connectivity index (χ3n) is 4.17. The maximum atomic E-state index is 12.6. The van der Waals surface area contributed by atoms with Crippen molar-refractivity contribution in [1.82, 2.24) is 4.72 Å². The van der Waals surface area contributed by atoms with Crippen molar-refractivity contribution in [3.63, 3.8) is 0 Å². The Balaban J connectivity index is 2.35. The summed E-state index contributed by atoms with van der Waals surface area (Å²) in [5.41, 5.74) is 1.50. The first-order valence-corrected chi connectivity index (χ1v) is 9.76. The molecule has 1 atom stereocenters. The smallest absolute Gasteiger partial charge is 0.321 e. The monoisotopic (exact) mass is 368 g/mol. The molecule has 1 amide bonds. The highest BCUT2D eigenvalue weighted by atomic mass is 32.2. The summed E-state index contributed by atoms with van der Waals surface area (Å²) in [6.45, 7) is 5.64. The van der Waals surface area contributed by atoms with Gasteiger partial charge in [0.2, 0.25) is 15.9 Å². The van der Waals surface area contributed by atoms with Gasteiger partial charge in [-0.2, -0.15) is 4.72 Å². The van der Waals surface area contributed by atoms with Crippen molar-refractivity contribution in [2.45, 2.75) is 51.0 Å². The average Bonchev–Trinajstić information content (AvgIpc) is 2.52. The van der Waals surface area contributed by atoms with E-state index in [4.69, 9.17) is 0 Å². The number of hydrogen-bond donors (Lipinski definition) is 2. The minimum Gasteiger partial charge on any atom is -0.480 e. The number of sulfonamides is 1. The largest absolute Gasteiger partial charge is 0.480 e. The van der Waals surface area contributed by atoms with Crippen LogP contribution in [0.5, 0.6) is 0 Å². The average molecular weight is 368 g/mol. The number of benzene rings is 1. The molecule has 138 valence electrons. The molecule has 0 spiro atoms. The summed E-state index contributed by atoms with van der Waals surface area (Å²) in [6.07, 6.45) is 1.80. The van der Waals surface area contributed by atoms with Crippen LogP contribution in [0.4, 0.5) is 5.69 Å². The van der Waals surface area contributed by atoms with Gasteiger partial charge in [0.15, 0.2) is 0 Å². The summed E-state index contributed by atoms with van der Waals surface area (Å²) in [5.74, 6) is -1.33. The number of carboxylic acids is 1. The number of carbonyl (C=O) groups excluding carboxylic acids is 1. The second-order valence-electron chi connectivity index (χ2n) is 6.71. The molecule has 25 heavy (non-hydrogen) atoms. The first kappa shape index (κ1) is 19.4. The van der Waals surface area contributed by atoms with Crippen molar-refractivity contribution in [1.29, 1.82) is 0 Å². The van der Waals surface area contributed by atoms with Crippen LogP contribution in [0.3, 0.4) is 0 Å². The summed E-state index contributed by atoms with van der Waals surface area (Å²) in [7, 11) is -4.00. The van der Waals surface area contributed by atoms with Gasteiger partial charge in [-0.15, -0.1) is 0 Å². The second kappa shape index (κ2) is 7.53. The molecule has 0 radical (unpaired) electrons. The van der Waals surface area contributed by atoms with Crippen molar-refractivity contribution >= 4 is 27.6 Å². The van der Waals surface area contributed by atoms with Crippen LogP contribution in [0.15, 0.2) is 23.1 Å². The zero-order valence-corrected chi connectivity index (χ0v) is 15.5. The Morgan fingerprint density at radius 3 is 2.56 bits per heavy atom. The van der Waals surface area contributed by atoms with Crippen LogP contribution in [-0.2, 0) is 26.0 Å². The molecule has 1 aliphatic heterocycles. The van der Waals surface area contributed by atoms with Gasteiger partial charge in [0.1, 0.15) is 6.04 Å². The lowest BCUT2D eigenvalue weighted by molar-refractivity contribution is -0.139. The van der Waals surface area contributed by atoms with Crippen LogP contribution < -0.4 is 9.62 Å². The normalized spacial score (nSPS) is 15.8. The van der Waals surface area contributed by atoms with Crippen LogP contribution >= 0.6 is 0 Å². The summed E-state index contributed by atoms with van der Waals surface area (Å²) < 4.78 is 27.5. The van der Waals surface area contributed by atoms with E-state index in [0.717, 1.165) is 18.4 Å². The standard InChI is InChI=1S/C17H24N2O5S/c1-11(2)9-15(17(21)22)18-25(23,24)14-7-6-13-5-4-8-19(12(3)20)16(13)10-14/h6-7,10-11,15,18H,4-5,8-9H2,1-3H3,(H,21,22)/t15-/m1/s1. The number of fused-ring (bicyclic) bond motifs is 1. The number of amides is 1. The second-order valence-corrected chi connectivity index (χ2v) is 8.42. The molecule has 0 aromatic heterocycles. The van der Waals surface area contributed by atoms with Gasteiger partial charge in [0.25, 0.3) is 0 Å². The van der Waals surface area contributed by atoms with E-state index in [1.54, 1.807) is 11.0 Å². The van der Waals surface area contributed by atoms with Crippen molar-refractivity contribution in [2.24, 2.45) is 5.92 Å². The predicted molar refractivity (Wildman–Crippen MR) is 94.0 cm³/mol. The number of carboxylic acid groups (broad SMARTS) is 1. The summed E-state index contributed by atoms with van der Waals surface area (Å²) in [5, 5.41) is 9.26. The number of carbonyl (C=O) groups is 2. The van der Waals surface area contributed by atoms with Crippen LogP contribution in [0, 0.1) is 5.92 Å². The van der Waals surface area contributed by atoms with Gasteiger partial charge in [0.05, 0.1) is 4.90 Å². The topological polar surface area (TPSA) is 104 Å². The van der Waals surface area contributed by atoms with Crippen LogP contribution in [0.1, 0.15) is 39.2 Å². The molecule has 2 N–H and O–H groups in total. The molecule has 0 saturated carbocycles. The van der Waals surface area contributed by atoms with E-state index >= 15 is 0 Å². The van der Waals surface area contributed by atoms with Gasteiger partial charge in [-0.1, -0.05) is 19.9 Å². The van der Waals surface area contributed by atoms with Gasteiger partial charge in [-0.3, -0.25) is 9.59 Å². The van der Waals surface area contributed by atoms with Gasteiger partial charge in [0, 0.05) is 19.2 Å². The van der Waals surface area contributed by atoms with Crippen molar-refractivity contribution < 1.29 is 23.1 Å². The highest BCUT2D eigenvalue weighted by Gasteiger charge is 2.28. The minimum atomic E-state index is -4.00. The van der Waals surface area contributed by atoms with Gasteiger partial charge in [-0.05, 0) is 42.9 Å². The van der Waals surface area contributed by atoms with Crippen LogP contribution in [-0.4, -0.2) is 38.0 Å². The molecule has 1 aliphatic rings. The van der Waals surface area contributed by atoms with E-state index in [9.17, 15) is 23.1 Å². The molecular weight excluding hydrogens is 344 g/mol. The predicted octanol–water partition coefficient (Wildman–Crippen LogP) is 1.76. The lowest BCUT2D eigenvalue weighted by atomic mass is 10.0. The van der Waals surface area contributed by atoms with E-state index in [0.29, 0.717) is 12.2 Å². The van der Waals surface area contributed by atoms with Gasteiger partial charge < -0.3 is 10.0 Å². The SMILES string of the molecule is CC(=O)N1CCCc2ccc(S(=O)(=O)N[C@H](CC(C)C)C(=O)O)cc21. The number of nitrogens with one attached hydrogen (secondary N) is 1. The minimum absolute atomic E-state index is 0.0283. The molecule has 0 aliphatic carbocycles. The maximum Gasteiger partial charge on any atom is 0.321 e. The van der Waals surface area contributed by atoms with Crippen molar-refractivity contribution in [2.75, 3.05) is 11.4 Å². The Morgan fingerprint density at radius 1 is 1.32 bits per heavy atom. The molecule has 2 rings (SSSR count). The Morgan fingerprint density at radius 2 is 2.00 bits per heavy atom. The molecule has 1 aromatic rings. The zero-order valence-electron chi connectivity index (χ0n) is 14.7. The molecular formula is C17H24N2O5S. The number of nitrogens with zero attached hydrogens (tertiary/aromatic N) is 1. The van der Waals surface area contributed by atoms with E-state index in [-0.39, 0.29) is 23.1 Å². The quantitative estimate of drug-likeness (QED) is 0.796. The lowest BCUT2D eigenvalue weighted by Gasteiger charge is -2.29. The van der Waals surface area contributed by atoms with Crippen molar-refractivity contribution in [3.05, 3.63) is 23.8 Å². The maximum absolute atomic E-state index is 12.6. The number of rotatable bonds is 6. The molecule has 0 unspecified atom stereocenters. The van der Waals surface area contributed by atoms with E-state index in [1.807, 2.05) is 13.8 Å². The number of anilines is 1. The summed E-state index contributed by atoms with van der Waals surface area (Å²) >= 11 is 0. The number of aliphatic carboxylic acids is 1. The van der Waals surface area contributed by atoms with Crippen molar-refractivity contribution in [3.8, 4) is 0 Å². The van der Waals surface area contributed by atoms with E-state index < -0.39 is 22.0 Å². The molecule has 1 aromatic carbocycles. The third-order valence-corrected chi connectivity index (χ3v) is 5.64. The first-order chi connectivity index (χ1) is 11.6. The molecule has 0 saturated heterocycles. The number of aryl methyl sites for hydroxylation is 1. The molecule has 8 heteroatoms. The molecule has 1 heterocycles. The van der Waals surface area contributed by atoms with E-state index in [1.165, 1.54) is 19.1 Å². The Labute approximate surface area is 148 Å². The Hall–Kier alpha value is -1.93. The number of hydrogen-bond acceptors (Lipinski definition) is 4. The van der Waals surface area contributed by atoms with Gasteiger partial charge >= 0.3 is 5.97 Å². The summed E-state index contributed by atoms with van der Waals surface area (Å²) in [4.78, 5) is 24.7. The Bertz CT molecular complexity index is 773. The first-order valence-electron chi connectivity index (χ1n) is 8.28. The molecule has 0 fully saturated rings. The van der Waals surface area contributed by atoms with E-state index in [2.05, 4.69) is 4.72 Å². The van der Waals surface area contributed by atoms with Gasteiger partial charge in [-0.25, -0.2) is 8.42 Å². The highest BCUT2D eigenvalue weighted by Crippen LogP contribution is 2.30. The van der Waals surface area contributed by atoms with Crippen LogP contribution in [0.2, 0.25) is 0 Å². The fourth-order valence-corrected chi connectivity index (χ4v) is 4.20. The lowest BCUT2D eigenvalue weighted by Crippen LogP contribution is -2.41. The Kier molecular flexibility index (Phi) is 5.84. The zero-order chi connectivity index (χ0) is 18.8. The fourth-order valence-electron chi connectivity index (χ4n) is 2.97. The highest BCUT2D eigenvalue weighted by molar-refractivity contribution is 7.89.